The van der Waals surface area contributed by atoms with Crippen LogP contribution in [0.2, 0.25) is 5.02 Å². The minimum absolute atomic E-state index is 0.0459. The molecule has 1 fully saturated rings. The molecule has 1 atom stereocenters. The van der Waals surface area contributed by atoms with Crippen molar-refractivity contribution >= 4 is 35.1 Å². The Hall–Kier alpha value is -2.93. The lowest BCUT2D eigenvalue weighted by molar-refractivity contribution is -0.133. The van der Waals surface area contributed by atoms with E-state index in [1.54, 1.807) is 6.92 Å². The van der Waals surface area contributed by atoms with Gasteiger partial charge in [0.05, 0.1) is 5.02 Å². The summed E-state index contributed by atoms with van der Waals surface area (Å²) in [5.41, 5.74) is 0.671. The fourth-order valence-electron chi connectivity index (χ4n) is 3.26. The van der Waals surface area contributed by atoms with Crippen LogP contribution in [0, 0.1) is 5.82 Å². The minimum Gasteiger partial charge on any atom is -0.324 e. The minimum atomic E-state index is -1.27. The largest absolute Gasteiger partial charge is 0.325 e. The number of nitrogens with zero attached hydrogens (tertiary/aromatic N) is 1. The number of anilines is 1. The number of benzene rings is 2. The fraction of sp³-hybridized carbons (Fsp3) is 0.318. The second-order valence-electron chi connectivity index (χ2n) is 8.45. The first kappa shape index (κ1) is 21.8. The zero-order valence-corrected chi connectivity index (χ0v) is 17.9. The van der Waals surface area contributed by atoms with Crippen LogP contribution in [0.3, 0.4) is 0 Å². The van der Waals surface area contributed by atoms with Crippen LogP contribution in [0.4, 0.5) is 14.9 Å². The topological polar surface area (TPSA) is 78.5 Å². The molecule has 4 amide bonds. The number of hydrogen-bond donors (Lipinski definition) is 2. The van der Waals surface area contributed by atoms with Gasteiger partial charge in [-0.2, -0.15) is 0 Å². The van der Waals surface area contributed by atoms with E-state index in [1.807, 2.05) is 24.3 Å². The third-order valence-corrected chi connectivity index (χ3v) is 5.40. The van der Waals surface area contributed by atoms with Gasteiger partial charge in [0.2, 0.25) is 5.91 Å². The van der Waals surface area contributed by atoms with Crippen molar-refractivity contribution in [2.45, 2.75) is 38.6 Å². The zero-order valence-electron chi connectivity index (χ0n) is 17.2. The van der Waals surface area contributed by atoms with Crippen LogP contribution in [-0.4, -0.2) is 29.3 Å². The highest BCUT2D eigenvalue weighted by Crippen LogP contribution is 2.31. The highest BCUT2D eigenvalue weighted by molar-refractivity contribution is 6.31. The van der Waals surface area contributed by atoms with E-state index in [2.05, 4.69) is 31.4 Å². The van der Waals surface area contributed by atoms with Crippen LogP contribution < -0.4 is 10.6 Å². The van der Waals surface area contributed by atoms with Crippen LogP contribution in [0.1, 0.15) is 38.8 Å². The van der Waals surface area contributed by atoms with Crippen molar-refractivity contribution in [2.75, 3.05) is 11.9 Å². The van der Waals surface area contributed by atoms with Gasteiger partial charge >= 0.3 is 6.03 Å². The number of rotatable bonds is 4. The molecule has 1 aliphatic heterocycles. The van der Waals surface area contributed by atoms with Gasteiger partial charge in [0.15, 0.2) is 0 Å². The molecule has 1 aliphatic rings. The van der Waals surface area contributed by atoms with Gasteiger partial charge in [-0.05, 0) is 41.7 Å². The van der Waals surface area contributed by atoms with Gasteiger partial charge in [0.25, 0.3) is 5.91 Å². The maximum absolute atomic E-state index is 13.3. The summed E-state index contributed by atoms with van der Waals surface area (Å²) in [7, 11) is 0. The second kappa shape index (κ2) is 7.72. The van der Waals surface area contributed by atoms with E-state index in [9.17, 15) is 18.8 Å². The maximum Gasteiger partial charge on any atom is 0.325 e. The molecule has 0 aliphatic carbocycles. The van der Waals surface area contributed by atoms with Crippen molar-refractivity contribution in [1.29, 1.82) is 0 Å². The van der Waals surface area contributed by atoms with E-state index in [4.69, 9.17) is 11.6 Å². The lowest BCUT2D eigenvalue weighted by Gasteiger charge is -2.24. The molecule has 0 saturated carbocycles. The molecule has 0 bridgehead atoms. The molecule has 0 aromatic heterocycles. The molecule has 1 saturated heterocycles. The zero-order chi connectivity index (χ0) is 22.3. The molecule has 2 N–H and O–H groups in total. The van der Waals surface area contributed by atoms with Gasteiger partial charge in [-0.3, -0.25) is 14.5 Å². The Bertz CT molecular complexity index is 1020. The van der Waals surface area contributed by atoms with Gasteiger partial charge in [0, 0.05) is 5.69 Å². The molecule has 3 rings (SSSR count). The SMILES string of the molecule is CC(C)(C)c1ccc([C@]2(C)NC(=O)N(CC(=O)Nc3ccc(F)c(Cl)c3)C2=O)cc1. The van der Waals surface area contributed by atoms with E-state index < -0.39 is 35.7 Å². The highest BCUT2D eigenvalue weighted by Gasteiger charge is 2.49. The van der Waals surface area contributed by atoms with Gasteiger partial charge in [0.1, 0.15) is 17.9 Å². The van der Waals surface area contributed by atoms with Crippen molar-refractivity contribution in [2.24, 2.45) is 0 Å². The average molecular weight is 432 g/mol. The molecule has 0 radical (unpaired) electrons. The third-order valence-electron chi connectivity index (χ3n) is 5.11. The molecule has 0 unspecified atom stereocenters. The van der Waals surface area contributed by atoms with E-state index >= 15 is 0 Å². The number of nitrogens with one attached hydrogen (secondary N) is 2. The molecule has 8 heteroatoms. The predicted molar refractivity (Wildman–Crippen MR) is 113 cm³/mol. The Morgan fingerprint density at radius 3 is 2.37 bits per heavy atom. The summed E-state index contributed by atoms with van der Waals surface area (Å²) in [4.78, 5) is 38.6. The maximum atomic E-state index is 13.3. The molecule has 2 aromatic rings. The van der Waals surface area contributed by atoms with Crippen molar-refractivity contribution in [3.63, 3.8) is 0 Å². The first-order valence-corrected chi connectivity index (χ1v) is 9.79. The summed E-state index contributed by atoms with van der Waals surface area (Å²) in [6.45, 7) is 7.38. The summed E-state index contributed by atoms with van der Waals surface area (Å²) in [6.07, 6.45) is 0. The number of urea groups is 1. The number of imide groups is 1. The Morgan fingerprint density at radius 1 is 1.17 bits per heavy atom. The number of hydrogen-bond acceptors (Lipinski definition) is 3. The highest BCUT2D eigenvalue weighted by atomic mass is 35.5. The van der Waals surface area contributed by atoms with Gasteiger partial charge in [-0.25, -0.2) is 9.18 Å². The van der Waals surface area contributed by atoms with E-state index in [-0.39, 0.29) is 16.1 Å². The Labute approximate surface area is 179 Å². The monoisotopic (exact) mass is 431 g/mol. The van der Waals surface area contributed by atoms with Crippen molar-refractivity contribution in [3.8, 4) is 0 Å². The molecule has 2 aromatic carbocycles. The van der Waals surface area contributed by atoms with Crippen LogP contribution in [0.5, 0.6) is 0 Å². The average Bonchev–Trinajstić information content (AvgIpc) is 2.88. The van der Waals surface area contributed by atoms with E-state index in [1.165, 1.54) is 12.1 Å². The summed E-state index contributed by atoms with van der Waals surface area (Å²) in [5.74, 6) is -1.74. The molecule has 6 nitrogen and oxygen atoms in total. The van der Waals surface area contributed by atoms with Crippen molar-refractivity contribution < 1.29 is 18.8 Å². The Morgan fingerprint density at radius 2 is 1.80 bits per heavy atom. The molecule has 0 spiro atoms. The molecule has 1 heterocycles. The predicted octanol–water partition coefficient (Wildman–Crippen LogP) is 4.18. The van der Waals surface area contributed by atoms with Crippen LogP contribution in [0.25, 0.3) is 0 Å². The number of amides is 4. The Kier molecular flexibility index (Phi) is 5.60. The molecular formula is C22H23ClFN3O3. The number of carbonyl (C=O) groups excluding carboxylic acids is 3. The fourth-order valence-corrected chi connectivity index (χ4v) is 3.44. The van der Waals surface area contributed by atoms with Gasteiger partial charge < -0.3 is 10.6 Å². The lowest BCUT2D eigenvalue weighted by atomic mass is 9.84. The molecule has 158 valence electrons. The summed E-state index contributed by atoms with van der Waals surface area (Å²) in [6, 6.07) is 10.5. The Balaban J connectivity index is 1.75. The standard InChI is InChI=1S/C22H23ClFN3O3/c1-21(2,3)13-5-7-14(8-6-13)22(4)19(29)27(20(30)26-22)12-18(28)25-15-9-10-17(24)16(23)11-15/h5-11H,12H2,1-4H3,(H,25,28)(H,26,30)/t22-/m0/s1. The van der Waals surface area contributed by atoms with Gasteiger partial charge in [-0.15, -0.1) is 0 Å². The summed E-state index contributed by atoms with van der Waals surface area (Å²) < 4.78 is 13.3. The first-order chi connectivity index (χ1) is 13.9. The summed E-state index contributed by atoms with van der Waals surface area (Å²) >= 11 is 5.70. The van der Waals surface area contributed by atoms with Crippen LogP contribution in [-0.2, 0) is 20.5 Å². The second-order valence-corrected chi connectivity index (χ2v) is 8.86. The third kappa shape index (κ3) is 4.16. The smallest absolute Gasteiger partial charge is 0.324 e. The number of halogens is 2. The van der Waals surface area contributed by atoms with Crippen molar-refractivity contribution in [3.05, 3.63) is 64.4 Å². The van der Waals surface area contributed by atoms with Crippen molar-refractivity contribution in [1.82, 2.24) is 10.2 Å². The van der Waals surface area contributed by atoms with Crippen LogP contribution >= 0.6 is 11.6 Å². The normalized spacial score (nSPS) is 19.1. The first-order valence-electron chi connectivity index (χ1n) is 9.42. The van der Waals surface area contributed by atoms with E-state index in [0.29, 0.717) is 5.56 Å². The van der Waals surface area contributed by atoms with E-state index in [0.717, 1.165) is 16.5 Å². The number of carbonyl (C=O) groups is 3. The quantitative estimate of drug-likeness (QED) is 0.713. The van der Waals surface area contributed by atoms with Crippen LogP contribution in [0.15, 0.2) is 42.5 Å². The van der Waals surface area contributed by atoms with Gasteiger partial charge in [-0.1, -0.05) is 56.6 Å². The molecule has 30 heavy (non-hydrogen) atoms. The molecular weight excluding hydrogens is 409 g/mol. The lowest BCUT2D eigenvalue weighted by Crippen LogP contribution is -2.42. The summed E-state index contributed by atoms with van der Waals surface area (Å²) in [5, 5.41) is 5.04.